The largest absolute Gasteiger partial charge is 3.00 e. The van der Waals surface area contributed by atoms with Crippen LogP contribution in [0.1, 0.15) is 61.6 Å². The number of aromatic nitrogens is 3. The molecule has 3 aromatic carbocycles. The van der Waals surface area contributed by atoms with E-state index in [-0.39, 0.29) is 25.5 Å². The third kappa shape index (κ3) is 7.37. The summed E-state index contributed by atoms with van der Waals surface area (Å²) in [5, 5.41) is 0. The van der Waals surface area contributed by atoms with Gasteiger partial charge in [0.2, 0.25) is 0 Å². The summed E-state index contributed by atoms with van der Waals surface area (Å²) in [5.74, 6) is 2.19. The molecule has 2 saturated carbocycles. The van der Waals surface area contributed by atoms with E-state index in [4.69, 9.17) is 15.0 Å². The number of rotatable bonds is 8. The van der Waals surface area contributed by atoms with Crippen LogP contribution < -0.4 is 0 Å². The van der Waals surface area contributed by atoms with Crippen LogP contribution in [0.15, 0.2) is 128 Å². The number of benzene rings is 3. The van der Waals surface area contributed by atoms with Gasteiger partial charge >= 0.3 is 20.1 Å². The first-order chi connectivity index (χ1) is 23.7. The maximum absolute atomic E-state index is 5.01. The number of aryl methyl sites for hydroxylation is 1. The molecule has 3 unspecified atom stereocenters. The smallest absolute Gasteiger partial charge is 0.304 e. The molecule has 0 radical (unpaired) electrons. The third-order valence-electron chi connectivity index (χ3n) is 10.9. The maximum atomic E-state index is 5.01. The van der Waals surface area contributed by atoms with Crippen molar-refractivity contribution in [3.05, 3.63) is 163 Å². The van der Waals surface area contributed by atoms with Crippen molar-refractivity contribution in [2.24, 2.45) is 17.8 Å². The van der Waals surface area contributed by atoms with Gasteiger partial charge in [-0.05, 0) is 103 Å². The molecule has 2 bridgehead atoms. The number of hydrogen-bond donors (Lipinski definition) is 0. The van der Waals surface area contributed by atoms with Crippen LogP contribution in [0.3, 0.4) is 0 Å². The first kappa shape index (κ1) is 33.3. The molecule has 2 fully saturated rings. The summed E-state index contributed by atoms with van der Waals surface area (Å²) in [6.45, 7) is 0. The van der Waals surface area contributed by atoms with Gasteiger partial charge in [0.25, 0.3) is 0 Å². The van der Waals surface area contributed by atoms with Gasteiger partial charge in [0.15, 0.2) is 0 Å². The Bertz CT molecular complexity index is 1830. The van der Waals surface area contributed by atoms with Gasteiger partial charge in [-0.3, -0.25) is 0 Å². The number of hydrogen-bond acceptors (Lipinski definition) is 3. The van der Waals surface area contributed by atoms with Gasteiger partial charge in [-0.1, -0.05) is 36.4 Å². The normalized spacial score (nSPS) is 19.7. The Balaban J connectivity index is 0.00000378. The van der Waals surface area contributed by atoms with E-state index >= 15 is 0 Å². The standard InChI is InChI=1S/C45H40N3.Ir/c1-4-10-37(11-5-1)42-21-18-33(30-46-42)16-17-34-26-35-24-25-45(29-36(27-34)28-35,40-19-22-43(47-31-40)38-12-6-2-7-13-38)41-20-23-44(48-32-41)39-14-8-3-9-15-39;/h1-10,12,14,18-23,30-32,34-36H,16-17,24-29H2;/q-3;+3. The van der Waals surface area contributed by atoms with Gasteiger partial charge in [-0.15, -0.1) is 108 Å². The summed E-state index contributed by atoms with van der Waals surface area (Å²) in [6.07, 6.45) is 16.1. The van der Waals surface area contributed by atoms with Crippen molar-refractivity contribution in [2.75, 3.05) is 0 Å². The molecule has 0 aliphatic heterocycles. The zero-order chi connectivity index (χ0) is 32.2. The summed E-state index contributed by atoms with van der Waals surface area (Å²) in [7, 11) is 0. The molecule has 3 aromatic heterocycles. The Morgan fingerprint density at radius 1 is 0.571 bits per heavy atom. The molecular weight excluding hydrogens is 775 g/mol. The van der Waals surface area contributed by atoms with Gasteiger partial charge in [-0.2, -0.15) is 0 Å². The summed E-state index contributed by atoms with van der Waals surface area (Å²) < 4.78 is 0. The predicted octanol–water partition coefficient (Wildman–Crippen LogP) is 10.4. The molecule has 3 nitrogen and oxygen atoms in total. The van der Waals surface area contributed by atoms with Gasteiger partial charge in [0.1, 0.15) is 0 Å². The summed E-state index contributed by atoms with van der Waals surface area (Å²) >= 11 is 0. The molecule has 0 amide bonds. The molecule has 3 atom stereocenters. The quantitative estimate of drug-likeness (QED) is 0.144. The van der Waals surface area contributed by atoms with E-state index < -0.39 is 0 Å². The fourth-order valence-corrected chi connectivity index (χ4v) is 8.51. The van der Waals surface area contributed by atoms with Crippen molar-refractivity contribution in [1.29, 1.82) is 0 Å². The number of nitrogens with zero attached hydrogens (tertiary/aromatic N) is 3. The minimum Gasteiger partial charge on any atom is -0.304 e. The van der Waals surface area contributed by atoms with Crippen molar-refractivity contribution < 1.29 is 20.1 Å². The molecule has 2 aliphatic rings. The molecule has 2 aliphatic carbocycles. The first-order valence-corrected chi connectivity index (χ1v) is 17.5. The minimum atomic E-state index is -0.111. The molecule has 0 N–H and O–H groups in total. The second kappa shape index (κ2) is 15.1. The SMILES string of the molecule is [Ir+3].[c-]1ccccc1-c1ccc(CCC2CC3CCC(c4ccc(-c5[c-]cccc5)nc4)(c4ccc(-c5[c-]cccc5)nc4)CC(C2)C3)cn1. The minimum absolute atomic E-state index is 0. The maximum Gasteiger partial charge on any atom is 3.00 e. The van der Waals surface area contributed by atoms with Crippen LogP contribution in [-0.4, -0.2) is 15.0 Å². The summed E-state index contributed by atoms with van der Waals surface area (Å²) in [5.41, 5.74) is 9.91. The fraction of sp³-hybridized carbons (Fsp3) is 0.267. The molecule has 0 spiro atoms. The number of fused-ring (bicyclic) bond motifs is 2. The van der Waals surface area contributed by atoms with Crippen LogP contribution >= 0.6 is 0 Å². The van der Waals surface area contributed by atoms with Gasteiger partial charge < -0.3 is 15.0 Å². The van der Waals surface area contributed by atoms with Gasteiger partial charge in [-0.25, -0.2) is 0 Å². The second-order valence-corrected chi connectivity index (χ2v) is 13.9. The second-order valence-electron chi connectivity index (χ2n) is 13.9. The zero-order valence-electron chi connectivity index (χ0n) is 27.7. The van der Waals surface area contributed by atoms with Crippen LogP contribution in [0.5, 0.6) is 0 Å². The predicted molar refractivity (Wildman–Crippen MR) is 193 cm³/mol. The van der Waals surface area contributed by atoms with E-state index in [1.165, 1.54) is 48.8 Å². The van der Waals surface area contributed by atoms with Gasteiger partial charge in [0, 0.05) is 24.0 Å². The average molecular weight is 815 g/mol. The topological polar surface area (TPSA) is 38.7 Å². The molecule has 4 heteroatoms. The third-order valence-corrected chi connectivity index (χ3v) is 10.9. The van der Waals surface area contributed by atoms with Crippen molar-refractivity contribution in [1.82, 2.24) is 15.0 Å². The van der Waals surface area contributed by atoms with Gasteiger partial charge in [0.05, 0.1) is 0 Å². The van der Waals surface area contributed by atoms with E-state index in [0.29, 0.717) is 5.92 Å². The van der Waals surface area contributed by atoms with Crippen molar-refractivity contribution in [2.45, 2.75) is 56.8 Å². The van der Waals surface area contributed by atoms with Crippen molar-refractivity contribution >= 4 is 0 Å². The average Bonchev–Trinajstić information content (AvgIpc) is 3.30. The Morgan fingerprint density at radius 2 is 1.10 bits per heavy atom. The molecule has 6 aromatic rings. The van der Waals surface area contributed by atoms with E-state index in [9.17, 15) is 0 Å². The van der Waals surface area contributed by atoms with Crippen LogP contribution in [-0.2, 0) is 31.9 Å². The molecule has 3 heterocycles. The van der Waals surface area contributed by atoms with Crippen molar-refractivity contribution in [3.63, 3.8) is 0 Å². The monoisotopic (exact) mass is 815 g/mol. The summed E-state index contributed by atoms with van der Waals surface area (Å²) in [6, 6.07) is 47.7. The van der Waals surface area contributed by atoms with E-state index in [2.05, 4.69) is 104 Å². The molecule has 8 rings (SSSR count). The molecule has 244 valence electrons. The van der Waals surface area contributed by atoms with Crippen LogP contribution in [0.25, 0.3) is 33.8 Å². The Labute approximate surface area is 304 Å². The fourth-order valence-electron chi connectivity index (χ4n) is 8.51. The van der Waals surface area contributed by atoms with Crippen LogP contribution in [0.4, 0.5) is 0 Å². The van der Waals surface area contributed by atoms with E-state index in [0.717, 1.165) is 64.9 Å². The van der Waals surface area contributed by atoms with Crippen LogP contribution in [0, 0.1) is 36.0 Å². The Kier molecular flexibility index (Phi) is 10.3. The Morgan fingerprint density at radius 3 is 1.57 bits per heavy atom. The number of pyridine rings is 3. The zero-order valence-corrected chi connectivity index (χ0v) is 30.1. The Hall–Kier alpha value is -4.24. The molecule has 0 saturated heterocycles. The van der Waals surface area contributed by atoms with Crippen LogP contribution in [0.2, 0.25) is 0 Å². The first-order valence-electron chi connectivity index (χ1n) is 17.5. The molecular formula is C45H40IrN3. The molecule has 49 heavy (non-hydrogen) atoms. The van der Waals surface area contributed by atoms with E-state index in [1.807, 2.05) is 42.5 Å². The van der Waals surface area contributed by atoms with E-state index in [1.54, 1.807) is 0 Å². The summed E-state index contributed by atoms with van der Waals surface area (Å²) in [4.78, 5) is 14.8. The van der Waals surface area contributed by atoms with Crippen molar-refractivity contribution in [3.8, 4) is 33.8 Å².